The number of phenolic OH excluding ortho intramolecular Hbond substituents is 1. The molecule has 0 spiro atoms. The van der Waals surface area contributed by atoms with Gasteiger partial charge in [-0.05, 0) is 66.8 Å². The summed E-state index contributed by atoms with van der Waals surface area (Å²) < 4.78 is 0. The average molecular weight is 477 g/mol. The first-order valence-corrected chi connectivity index (χ1v) is 11.9. The summed E-state index contributed by atoms with van der Waals surface area (Å²) in [6, 6.07) is 13.0. The summed E-state index contributed by atoms with van der Waals surface area (Å²) in [5.41, 5.74) is 6.34. The topological polar surface area (TPSA) is 115 Å². The van der Waals surface area contributed by atoms with Crippen molar-refractivity contribution in [2.45, 2.75) is 64.7 Å². The molecule has 1 fully saturated rings. The van der Waals surface area contributed by atoms with Crippen molar-refractivity contribution >= 4 is 34.7 Å². The van der Waals surface area contributed by atoms with Gasteiger partial charge in [-0.15, -0.1) is 0 Å². The van der Waals surface area contributed by atoms with Crippen LogP contribution in [0.5, 0.6) is 5.75 Å². The van der Waals surface area contributed by atoms with Crippen LogP contribution in [0, 0.1) is 5.92 Å². The number of nitrogens with zero attached hydrogens (tertiary/aromatic N) is 3. The highest BCUT2D eigenvalue weighted by Gasteiger charge is 2.32. The summed E-state index contributed by atoms with van der Waals surface area (Å²) in [6.45, 7) is 8.10. The van der Waals surface area contributed by atoms with E-state index in [9.17, 15) is 19.8 Å². The molecule has 184 valence electrons. The van der Waals surface area contributed by atoms with Crippen LogP contribution in [0.25, 0.3) is 0 Å². The lowest BCUT2D eigenvalue weighted by Gasteiger charge is -2.27. The van der Waals surface area contributed by atoms with Gasteiger partial charge in [0.1, 0.15) is 5.75 Å². The van der Waals surface area contributed by atoms with Crippen LogP contribution >= 0.6 is 0 Å². The summed E-state index contributed by atoms with van der Waals surface area (Å²) in [5.74, 6) is -1.55. The van der Waals surface area contributed by atoms with Gasteiger partial charge >= 0.3 is 11.9 Å². The van der Waals surface area contributed by atoms with Crippen LogP contribution in [0.3, 0.4) is 0 Å². The van der Waals surface area contributed by atoms with Gasteiger partial charge in [-0.2, -0.15) is 15.2 Å². The second-order valence-electron chi connectivity index (χ2n) is 10.3. The van der Waals surface area contributed by atoms with Gasteiger partial charge in [-0.25, -0.2) is 0 Å². The fourth-order valence-electron chi connectivity index (χ4n) is 4.70. The van der Waals surface area contributed by atoms with E-state index in [1.54, 1.807) is 19.1 Å². The number of anilines is 2. The number of phenols is 1. The molecule has 3 N–H and O–H groups in total. The molecule has 0 radical (unpaired) electrons. The van der Waals surface area contributed by atoms with Crippen molar-refractivity contribution in [1.82, 2.24) is 0 Å². The Morgan fingerprint density at radius 3 is 2.51 bits per heavy atom. The molecule has 1 aliphatic heterocycles. The largest absolute Gasteiger partial charge is 0.505 e. The van der Waals surface area contributed by atoms with Gasteiger partial charge in [0.25, 0.3) is 0 Å². The Morgan fingerprint density at radius 2 is 1.86 bits per heavy atom. The molecule has 8 nitrogen and oxygen atoms in total. The number of carboxylic acid groups (broad SMARTS) is 1. The third kappa shape index (κ3) is 5.06. The molecule has 1 saturated carbocycles. The minimum Gasteiger partial charge on any atom is -0.505 e. The molecule has 0 aromatic heterocycles. The Kier molecular flexibility index (Phi) is 6.65. The van der Waals surface area contributed by atoms with E-state index in [0.717, 1.165) is 18.4 Å². The third-order valence-electron chi connectivity index (χ3n) is 6.78. The number of carboxylic acids is 1. The van der Waals surface area contributed by atoms with E-state index in [0.29, 0.717) is 35.5 Å². The normalized spacial score (nSPS) is 21.8. The first-order chi connectivity index (χ1) is 16.6. The number of aliphatic carboxylic acids is 1. The molecule has 1 amide bonds. The minimum atomic E-state index is -0.790. The molecule has 2 aromatic carbocycles. The van der Waals surface area contributed by atoms with Crippen LogP contribution in [0.4, 0.5) is 11.4 Å². The summed E-state index contributed by atoms with van der Waals surface area (Å²) in [7, 11) is 0. The van der Waals surface area contributed by atoms with E-state index in [4.69, 9.17) is 0 Å². The number of rotatable bonds is 5. The molecule has 1 heterocycles. The first kappa shape index (κ1) is 24.4. The van der Waals surface area contributed by atoms with Gasteiger partial charge in [0.05, 0.1) is 23.0 Å². The number of hydrogen-bond donors (Lipinski definition) is 3. The first-order valence-electron chi connectivity index (χ1n) is 11.9. The van der Waals surface area contributed by atoms with Crippen LogP contribution in [0.1, 0.15) is 70.4 Å². The van der Waals surface area contributed by atoms with Crippen LogP contribution in [-0.2, 0) is 15.0 Å². The van der Waals surface area contributed by atoms with Gasteiger partial charge in [-0.1, -0.05) is 51.5 Å². The van der Waals surface area contributed by atoms with Gasteiger partial charge in [0.2, 0.25) is 0 Å². The van der Waals surface area contributed by atoms with E-state index in [1.807, 2.05) is 30.3 Å². The zero-order valence-electron chi connectivity index (χ0n) is 20.6. The Balaban J connectivity index is 1.51. The molecule has 2 unspecified atom stereocenters. The molecule has 4 rings (SSSR count). The second-order valence-corrected chi connectivity index (χ2v) is 10.3. The van der Waals surface area contributed by atoms with E-state index in [2.05, 4.69) is 36.4 Å². The van der Waals surface area contributed by atoms with Gasteiger partial charge in [-0.3, -0.25) is 15.0 Å². The molecule has 1 aliphatic carbocycles. The van der Waals surface area contributed by atoms with Crippen LogP contribution in [0.2, 0.25) is 0 Å². The van der Waals surface area contributed by atoms with Crippen molar-refractivity contribution in [3.8, 4) is 5.75 Å². The lowest BCUT2D eigenvalue weighted by atomic mass is 9.77. The maximum Gasteiger partial charge on any atom is 0.306 e. The molecule has 2 aliphatic rings. The summed E-state index contributed by atoms with van der Waals surface area (Å²) >= 11 is 0. The SMILES string of the molecule is CC1=NN(c2ccc(C(C)(C)C)cc2)C(=O)C1=NNc1cccc(C2CCCC(C(=O)O)C2)c1O. The summed E-state index contributed by atoms with van der Waals surface area (Å²) in [6.07, 6.45) is 2.78. The number of aromatic hydroxyl groups is 1. The molecule has 8 heteroatoms. The van der Waals surface area contributed by atoms with E-state index < -0.39 is 11.9 Å². The average Bonchev–Trinajstić information content (AvgIpc) is 3.11. The summed E-state index contributed by atoms with van der Waals surface area (Å²) in [4.78, 5) is 24.5. The lowest BCUT2D eigenvalue weighted by Crippen LogP contribution is -2.28. The van der Waals surface area contributed by atoms with E-state index in [1.165, 1.54) is 5.01 Å². The minimum absolute atomic E-state index is 0.00592. The zero-order valence-corrected chi connectivity index (χ0v) is 20.6. The Hall–Kier alpha value is -3.68. The smallest absolute Gasteiger partial charge is 0.306 e. The number of carbonyl (C=O) groups excluding carboxylic acids is 1. The van der Waals surface area contributed by atoms with Crippen LogP contribution in [-0.4, -0.2) is 33.5 Å². The second kappa shape index (κ2) is 9.52. The van der Waals surface area contributed by atoms with Crippen LogP contribution < -0.4 is 10.4 Å². The predicted octanol–water partition coefficient (Wildman–Crippen LogP) is 5.24. The van der Waals surface area contributed by atoms with Gasteiger partial charge in [0.15, 0.2) is 5.71 Å². The van der Waals surface area contributed by atoms with Gasteiger partial charge < -0.3 is 10.2 Å². The van der Waals surface area contributed by atoms with Crippen molar-refractivity contribution < 1.29 is 19.8 Å². The zero-order chi connectivity index (χ0) is 25.3. The van der Waals surface area contributed by atoms with Crippen LogP contribution in [0.15, 0.2) is 52.7 Å². The molecule has 2 aromatic rings. The van der Waals surface area contributed by atoms with Crippen molar-refractivity contribution in [2.75, 3.05) is 10.4 Å². The molecule has 35 heavy (non-hydrogen) atoms. The number of benzene rings is 2. The van der Waals surface area contributed by atoms with Crippen molar-refractivity contribution in [1.29, 1.82) is 0 Å². The highest BCUT2D eigenvalue weighted by atomic mass is 16.4. The number of carbonyl (C=O) groups is 2. The Bertz CT molecular complexity index is 1190. The third-order valence-corrected chi connectivity index (χ3v) is 6.78. The molecular weight excluding hydrogens is 444 g/mol. The van der Waals surface area contributed by atoms with Crippen molar-refractivity contribution in [3.05, 3.63) is 53.6 Å². The number of hydrogen-bond acceptors (Lipinski definition) is 6. The molecular formula is C27H32N4O4. The number of para-hydroxylation sites is 1. The van der Waals surface area contributed by atoms with Crippen molar-refractivity contribution in [3.63, 3.8) is 0 Å². The Labute approximate surface area is 205 Å². The van der Waals surface area contributed by atoms with Gasteiger partial charge in [0, 0.05) is 0 Å². The summed E-state index contributed by atoms with van der Waals surface area (Å²) in [5, 5.41) is 30.3. The van der Waals surface area contributed by atoms with E-state index in [-0.39, 0.29) is 28.7 Å². The number of hydrazone groups is 2. The molecule has 0 saturated heterocycles. The fraction of sp³-hybridized carbons (Fsp3) is 0.407. The quantitative estimate of drug-likeness (QED) is 0.403. The molecule has 0 bridgehead atoms. The lowest BCUT2D eigenvalue weighted by molar-refractivity contribution is -0.143. The predicted molar refractivity (Wildman–Crippen MR) is 137 cm³/mol. The van der Waals surface area contributed by atoms with Crippen molar-refractivity contribution in [2.24, 2.45) is 16.1 Å². The number of nitrogens with one attached hydrogen (secondary N) is 1. The maximum atomic E-state index is 13.0. The monoisotopic (exact) mass is 476 g/mol. The van der Waals surface area contributed by atoms with E-state index >= 15 is 0 Å². The fourth-order valence-corrected chi connectivity index (χ4v) is 4.70. The highest BCUT2D eigenvalue weighted by molar-refractivity contribution is 6.71. The molecule has 2 atom stereocenters. The maximum absolute atomic E-state index is 13.0. The number of amides is 1. The highest BCUT2D eigenvalue weighted by Crippen LogP contribution is 2.42. The Morgan fingerprint density at radius 1 is 1.14 bits per heavy atom. The standard InChI is InChI=1S/C27H32N4O4/c1-16-23(25(33)31(30-16)20-13-11-19(12-14-20)27(2,3)4)29-28-22-10-6-9-21(24(22)32)17-7-5-8-18(15-17)26(34)35/h6,9-14,17-18,28,32H,5,7-8,15H2,1-4H3,(H,34,35).